The van der Waals surface area contributed by atoms with Crippen molar-refractivity contribution in [1.29, 1.82) is 0 Å². The van der Waals surface area contributed by atoms with Crippen molar-refractivity contribution in [2.24, 2.45) is 0 Å². The molecule has 0 spiro atoms. The number of Topliss-reactive ketones (excluding diaryl/α,β-unsaturated/α-hetero) is 1. The highest BCUT2D eigenvalue weighted by Gasteiger charge is 2.46. The van der Waals surface area contributed by atoms with Crippen LogP contribution in [-0.4, -0.2) is 5.78 Å². The Morgan fingerprint density at radius 3 is 1.42 bits per heavy atom. The SMILES string of the molecule is O=C1CC(c2ccc(Cl)cc2)(c2ccc(Cl)cc2)C1. The molecule has 1 aliphatic rings. The topological polar surface area (TPSA) is 17.1 Å². The van der Waals surface area contributed by atoms with E-state index in [1.807, 2.05) is 48.5 Å². The van der Waals surface area contributed by atoms with Crippen molar-refractivity contribution in [2.75, 3.05) is 0 Å². The van der Waals surface area contributed by atoms with E-state index in [1.54, 1.807) is 0 Å². The molecule has 2 aromatic carbocycles. The zero-order valence-electron chi connectivity index (χ0n) is 10.2. The number of hydrogen-bond donors (Lipinski definition) is 0. The van der Waals surface area contributed by atoms with Crippen LogP contribution >= 0.6 is 23.2 Å². The number of hydrogen-bond acceptors (Lipinski definition) is 1. The van der Waals surface area contributed by atoms with Crippen LogP contribution in [0.15, 0.2) is 48.5 Å². The van der Waals surface area contributed by atoms with Crippen molar-refractivity contribution < 1.29 is 4.79 Å². The summed E-state index contributed by atoms with van der Waals surface area (Å²) in [4.78, 5) is 11.5. The Morgan fingerprint density at radius 1 is 0.737 bits per heavy atom. The Labute approximate surface area is 122 Å². The lowest BCUT2D eigenvalue weighted by Crippen LogP contribution is -2.42. The van der Waals surface area contributed by atoms with E-state index >= 15 is 0 Å². The van der Waals surface area contributed by atoms with Gasteiger partial charge in [0.2, 0.25) is 0 Å². The summed E-state index contributed by atoms with van der Waals surface area (Å²) in [7, 11) is 0. The van der Waals surface area contributed by atoms with Crippen LogP contribution in [0.25, 0.3) is 0 Å². The summed E-state index contributed by atoms with van der Waals surface area (Å²) in [6.07, 6.45) is 1.10. The molecule has 1 saturated carbocycles. The minimum Gasteiger partial charge on any atom is -0.300 e. The number of carbonyl (C=O) groups excluding carboxylic acids is 1. The fourth-order valence-corrected chi connectivity index (χ4v) is 2.99. The molecule has 0 saturated heterocycles. The second-order valence-corrected chi connectivity index (χ2v) is 5.86. The first-order valence-corrected chi connectivity index (χ1v) is 6.89. The van der Waals surface area contributed by atoms with Crippen LogP contribution in [-0.2, 0) is 10.2 Å². The molecule has 3 rings (SSSR count). The maximum atomic E-state index is 11.5. The van der Waals surface area contributed by atoms with Gasteiger partial charge in [0.1, 0.15) is 5.78 Å². The number of carbonyl (C=O) groups is 1. The molecule has 0 heterocycles. The normalized spacial score (nSPS) is 17.1. The van der Waals surface area contributed by atoms with Crippen molar-refractivity contribution in [2.45, 2.75) is 18.3 Å². The first-order valence-electron chi connectivity index (χ1n) is 6.14. The number of rotatable bonds is 2. The van der Waals surface area contributed by atoms with Crippen molar-refractivity contribution in [3.05, 3.63) is 69.7 Å². The summed E-state index contributed by atoms with van der Waals surface area (Å²) >= 11 is 11.9. The van der Waals surface area contributed by atoms with Crippen LogP contribution in [0, 0.1) is 0 Å². The van der Waals surface area contributed by atoms with Gasteiger partial charge in [0.15, 0.2) is 0 Å². The van der Waals surface area contributed by atoms with Gasteiger partial charge in [0.25, 0.3) is 0 Å². The first-order chi connectivity index (χ1) is 9.10. The van der Waals surface area contributed by atoms with Gasteiger partial charge in [0, 0.05) is 28.3 Å². The van der Waals surface area contributed by atoms with E-state index in [0.717, 1.165) is 11.1 Å². The lowest BCUT2D eigenvalue weighted by Gasteiger charge is -2.41. The molecule has 0 aliphatic heterocycles. The third-order valence-corrected chi connectivity index (χ3v) is 4.30. The van der Waals surface area contributed by atoms with Gasteiger partial charge in [-0.1, -0.05) is 47.5 Å². The van der Waals surface area contributed by atoms with Gasteiger partial charge >= 0.3 is 0 Å². The molecule has 96 valence electrons. The fourth-order valence-electron chi connectivity index (χ4n) is 2.73. The van der Waals surface area contributed by atoms with Gasteiger partial charge in [-0.15, -0.1) is 0 Å². The van der Waals surface area contributed by atoms with Gasteiger partial charge in [-0.2, -0.15) is 0 Å². The summed E-state index contributed by atoms with van der Waals surface area (Å²) in [5, 5.41) is 1.42. The summed E-state index contributed by atoms with van der Waals surface area (Å²) in [6, 6.07) is 15.5. The van der Waals surface area contributed by atoms with Crippen LogP contribution < -0.4 is 0 Å². The molecule has 0 unspecified atom stereocenters. The molecule has 19 heavy (non-hydrogen) atoms. The second-order valence-electron chi connectivity index (χ2n) is 4.99. The van der Waals surface area contributed by atoms with Crippen LogP contribution in [0.1, 0.15) is 24.0 Å². The quantitative estimate of drug-likeness (QED) is 0.787. The summed E-state index contributed by atoms with van der Waals surface area (Å²) in [5.41, 5.74) is 2.07. The molecule has 3 heteroatoms. The summed E-state index contributed by atoms with van der Waals surface area (Å²) in [6.45, 7) is 0. The second kappa shape index (κ2) is 4.66. The molecular formula is C16H12Cl2O. The molecule has 0 radical (unpaired) electrons. The summed E-state index contributed by atoms with van der Waals surface area (Å²) < 4.78 is 0. The minimum atomic E-state index is -0.202. The molecule has 2 aromatic rings. The zero-order chi connectivity index (χ0) is 13.5. The van der Waals surface area contributed by atoms with E-state index in [9.17, 15) is 4.79 Å². The molecule has 0 N–H and O–H groups in total. The fraction of sp³-hybridized carbons (Fsp3) is 0.188. The average molecular weight is 291 g/mol. The Hall–Kier alpha value is -1.31. The van der Waals surface area contributed by atoms with Crippen molar-refractivity contribution in [3.8, 4) is 0 Å². The Morgan fingerprint density at radius 2 is 1.11 bits per heavy atom. The summed E-state index contributed by atoms with van der Waals surface area (Å²) in [5.74, 6) is 0.296. The van der Waals surface area contributed by atoms with Gasteiger partial charge in [-0.3, -0.25) is 4.79 Å². The predicted octanol–water partition coefficient (Wildman–Crippen LogP) is 4.64. The van der Waals surface area contributed by atoms with Gasteiger partial charge < -0.3 is 0 Å². The molecule has 0 amide bonds. The smallest absolute Gasteiger partial charge is 0.135 e. The minimum absolute atomic E-state index is 0.202. The van der Waals surface area contributed by atoms with Crippen LogP contribution in [0.2, 0.25) is 10.0 Å². The largest absolute Gasteiger partial charge is 0.300 e. The van der Waals surface area contributed by atoms with Crippen LogP contribution in [0.4, 0.5) is 0 Å². The number of benzene rings is 2. The predicted molar refractivity (Wildman–Crippen MR) is 77.9 cm³/mol. The molecular weight excluding hydrogens is 279 g/mol. The van der Waals surface area contributed by atoms with Crippen LogP contribution in [0.3, 0.4) is 0 Å². The number of halogens is 2. The standard InChI is InChI=1S/C16H12Cl2O/c17-13-5-1-11(2-6-13)16(9-15(19)10-16)12-3-7-14(18)8-4-12/h1-8H,9-10H2. The Bertz CT molecular complexity index is 559. The Balaban J connectivity index is 2.07. The zero-order valence-corrected chi connectivity index (χ0v) is 11.7. The van der Waals surface area contributed by atoms with Gasteiger partial charge in [-0.25, -0.2) is 0 Å². The maximum absolute atomic E-state index is 11.5. The van der Waals surface area contributed by atoms with E-state index in [4.69, 9.17) is 23.2 Å². The highest BCUT2D eigenvalue weighted by atomic mass is 35.5. The maximum Gasteiger partial charge on any atom is 0.135 e. The molecule has 1 aliphatic carbocycles. The first kappa shape index (κ1) is 12.7. The van der Waals surface area contributed by atoms with E-state index < -0.39 is 0 Å². The van der Waals surface area contributed by atoms with E-state index in [-0.39, 0.29) is 5.41 Å². The van der Waals surface area contributed by atoms with E-state index in [1.165, 1.54) is 0 Å². The lowest BCUT2D eigenvalue weighted by molar-refractivity contribution is -0.127. The monoisotopic (exact) mass is 290 g/mol. The number of ketones is 1. The highest BCUT2D eigenvalue weighted by molar-refractivity contribution is 6.30. The van der Waals surface area contributed by atoms with Gasteiger partial charge in [0.05, 0.1) is 0 Å². The highest BCUT2D eigenvalue weighted by Crippen LogP contribution is 2.47. The Kier molecular flexibility index (Phi) is 3.12. The van der Waals surface area contributed by atoms with Crippen molar-refractivity contribution in [1.82, 2.24) is 0 Å². The molecule has 0 atom stereocenters. The molecule has 0 bridgehead atoms. The van der Waals surface area contributed by atoms with Crippen molar-refractivity contribution >= 4 is 29.0 Å². The third-order valence-electron chi connectivity index (χ3n) is 3.79. The van der Waals surface area contributed by atoms with Gasteiger partial charge in [-0.05, 0) is 35.4 Å². The molecule has 0 aromatic heterocycles. The average Bonchev–Trinajstić information content (AvgIpc) is 2.37. The van der Waals surface area contributed by atoms with E-state index in [2.05, 4.69) is 0 Å². The van der Waals surface area contributed by atoms with Crippen LogP contribution in [0.5, 0.6) is 0 Å². The van der Waals surface area contributed by atoms with Crippen molar-refractivity contribution in [3.63, 3.8) is 0 Å². The van der Waals surface area contributed by atoms with E-state index in [0.29, 0.717) is 28.7 Å². The third kappa shape index (κ3) is 2.18. The molecule has 1 fully saturated rings. The molecule has 1 nitrogen and oxygen atoms in total. The lowest BCUT2D eigenvalue weighted by atomic mass is 9.60.